The molecule has 2 rings (SSSR count). The van der Waals surface area contributed by atoms with Crippen molar-refractivity contribution in [3.05, 3.63) is 24.5 Å². The van der Waals surface area contributed by atoms with Crippen molar-refractivity contribution in [1.29, 1.82) is 0 Å². The van der Waals surface area contributed by atoms with Crippen LogP contribution in [0.4, 0.5) is 0 Å². The number of aliphatic hydroxyl groups is 1. The van der Waals surface area contributed by atoms with Gasteiger partial charge in [0.1, 0.15) is 12.3 Å². The molecule has 2 heterocycles. The molecular formula is C9H11N3O3. The predicted molar refractivity (Wildman–Crippen MR) is 50.6 cm³/mol. The third-order valence-corrected chi connectivity index (χ3v) is 2.03. The first-order valence-electron chi connectivity index (χ1n) is 4.48. The molecule has 0 spiro atoms. The van der Waals surface area contributed by atoms with Crippen LogP contribution in [0.3, 0.4) is 0 Å². The number of nitrogens with two attached hydrogens (primary N) is 1. The van der Waals surface area contributed by atoms with Crippen LogP contribution in [0, 0.1) is 0 Å². The predicted octanol–water partition coefficient (Wildman–Crippen LogP) is 0.710. The minimum absolute atomic E-state index is 0.209. The second-order valence-electron chi connectivity index (χ2n) is 3.23. The summed E-state index contributed by atoms with van der Waals surface area (Å²) in [5.74, 6) is 0.607. The summed E-state index contributed by atoms with van der Waals surface area (Å²) in [6, 6.07) is 1.04. The fourth-order valence-electron chi connectivity index (χ4n) is 1.09. The van der Waals surface area contributed by atoms with Gasteiger partial charge in [-0.2, -0.15) is 4.98 Å². The largest absolute Gasteiger partial charge is 0.472 e. The standard InChI is InChI=1S/C9H11N3O3/c1-5(13)7(10)9-11-8(12-15-9)6-2-3-14-4-6/h2-5,7,13H,10H2,1H3. The maximum absolute atomic E-state index is 9.24. The summed E-state index contributed by atoms with van der Waals surface area (Å²) in [6.07, 6.45) is 2.28. The van der Waals surface area contributed by atoms with Gasteiger partial charge in [0.2, 0.25) is 11.7 Å². The van der Waals surface area contributed by atoms with Gasteiger partial charge in [-0.25, -0.2) is 0 Å². The van der Waals surface area contributed by atoms with Gasteiger partial charge < -0.3 is 19.8 Å². The molecule has 2 aromatic heterocycles. The van der Waals surface area contributed by atoms with E-state index in [0.29, 0.717) is 11.4 Å². The van der Waals surface area contributed by atoms with Crippen molar-refractivity contribution < 1.29 is 14.0 Å². The Morgan fingerprint density at radius 1 is 1.53 bits per heavy atom. The van der Waals surface area contributed by atoms with Crippen LogP contribution in [-0.2, 0) is 0 Å². The molecule has 0 radical (unpaired) electrons. The molecule has 0 aliphatic carbocycles. The van der Waals surface area contributed by atoms with Gasteiger partial charge in [0.15, 0.2) is 0 Å². The number of nitrogens with zero attached hydrogens (tertiary/aromatic N) is 2. The fourth-order valence-corrected chi connectivity index (χ4v) is 1.09. The lowest BCUT2D eigenvalue weighted by Gasteiger charge is -2.08. The molecule has 2 atom stereocenters. The summed E-state index contributed by atoms with van der Waals surface area (Å²) in [5, 5.41) is 13.0. The van der Waals surface area contributed by atoms with Crippen molar-refractivity contribution in [3.8, 4) is 11.4 Å². The van der Waals surface area contributed by atoms with Gasteiger partial charge in [-0.15, -0.1) is 0 Å². The molecule has 0 saturated carbocycles. The van der Waals surface area contributed by atoms with E-state index in [4.69, 9.17) is 14.7 Å². The molecule has 2 aromatic rings. The molecule has 0 fully saturated rings. The Morgan fingerprint density at radius 2 is 2.33 bits per heavy atom. The van der Waals surface area contributed by atoms with Crippen LogP contribution in [0.2, 0.25) is 0 Å². The zero-order valence-corrected chi connectivity index (χ0v) is 8.12. The Balaban J connectivity index is 2.25. The molecule has 2 unspecified atom stereocenters. The van der Waals surface area contributed by atoms with E-state index in [0.717, 1.165) is 0 Å². The molecular weight excluding hydrogens is 198 g/mol. The van der Waals surface area contributed by atoms with Crippen molar-refractivity contribution in [2.24, 2.45) is 5.73 Å². The minimum atomic E-state index is -0.734. The third-order valence-electron chi connectivity index (χ3n) is 2.03. The van der Waals surface area contributed by atoms with E-state index in [1.165, 1.54) is 12.5 Å². The summed E-state index contributed by atoms with van der Waals surface area (Å²) in [6.45, 7) is 1.56. The monoisotopic (exact) mass is 209 g/mol. The lowest BCUT2D eigenvalue weighted by atomic mass is 10.2. The Hall–Kier alpha value is -1.66. The second kappa shape index (κ2) is 3.84. The highest BCUT2D eigenvalue weighted by molar-refractivity contribution is 5.51. The van der Waals surface area contributed by atoms with Gasteiger partial charge in [0, 0.05) is 0 Å². The Morgan fingerprint density at radius 3 is 2.93 bits per heavy atom. The summed E-state index contributed by atoms with van der Waals surface area (Å²) in [5.41, 5.74) is 6.35. The third kappa shape index (κ3) is 1.90. The van der Waals surface area contributed by atoms with E-state index in [1.807, 2.05) is 0 Å². The average Bonchev–Trinajstić information content (AvgIpc) is 2.86. The van der Waals surface area contributed by atoms with E-state index < -0.39 is 12.1 Å². The minimum Gasteiger partial charge on any atom is -0.472 e. The zero-order chi connectivity index (χ0) is 10.8. The highest BCUT2D eigenvalue weighted by atomic mass is 16.5. The number of hydrogen-bond donors (Lipinski definition) is 2. The maximum Gasteiger partial charge on any atom is 0.246 e. The van der Waals surface area contributed by atoms with Gasteiger partial charge in [0.05, 0.1) is 17.9 Å². The number of aromatic nitrogens is 2. The van der Waals surface area contributed by atoms with Crippen molar-refractivity contribution >= 4 is 0 Å². The van der Waals surface area contributed by atoms with Gasteiger partial charge in [-0.1, -0.05) is 5.16 Å². The number of hydrogen-bond acceptors (Lipinski definition) is 6. The van der Waals surface area contributed by atoms with Crippen LogP contribution < -0.4 is 5.73 Å². The van der Waals surface area contributed by atoms with Crippen LogP contribution in [0.15, 0.2) is 27.5 Å². The lowest BCUT2D eigenvalue weighted by molar-refractivity contribution is 0.146. The van der Waals surface area contributed by atoms with Crippen LogP contribution in [0.5, 0.6) is 0 Å². The Bertz CT molecular complexity index is 422. The Kier molecular flexibility index (Phi) is 2.53. The van der Waals surface area contributed by atoms with Crippen molar-refractivity contribution in [3.63, 3.8) is 0 Å². The summed E-state index contributed by atoms with van der Waals surface area (Å²) >= 11 is 0. The van der Waals surface area contributed by atoms with E-state index in [-0.39, 0.29) is 5.89 Å². The first-order chi connectivity index (χ1) is 7.18. The number of aliphatic hydroxyl groups excluding tert-OH is 1. The first-order valence-corrected chi connectivity index (χ1v) is 4.48. The van der Waals surface area contributed by atoms with E-state index in [9.17, 15) is 5.11 Å². The van der Waals surface area contributed by atoms with E-state index >= 15 is 0 Å². The first kappa shape index (κ1) is 9.88. The fraction of sp³-hybridized carbons (Fsp3) is 0.333. The second-order valence-corrected chi connectivity index (χ2v) is 3.23. The summed E-state index contributed by atoms with van der Waals surface area (Å²) in [4.78, 5) is 4.05. The molecule has 6 nitrogen and oxygen atoms in total. The van der Waals surface area contributed by atoms with Gasteiger partial charge in [0.25, 0.3) is 0 Å². The molecule has 0 bridgehead atoms. The van der Waals surface area contributed by atoms with Crippen LogP contribution >= 0.6 is 0 Å². The van der Waals surface area contributed by atoms with E-state index in [1.54, 1.807) is 13.0 Å². The smallest absolute Gasteiger partial charge is 0.246 e. The van der Waals surface area contributed by atoms with Gasteiger partial charge in [-0.3, -0.25) is 0 Å². The van der Waals surface area contributed by atoms with Gasteiger partial charge >= 0.3 is 0 Å². The van der Waals surface area contributed by atoms with E-state index in [2.05, 4.69) is 10.1 Å². The normalized spacial score (nSPS) is 15.1. The van der Waals surface area contributed by atoms with Gasteiger partial charge in [-0.05, 0) is 13.0 Å². The van der Waals surface area contributed by atoms with Crippen LogP contribution in [0.25, 0.3) is 11.4 Å². The van der Waals surface area contributed by atoms with Crippen molar-refractivity contribution in [2.75, 3.05) is 0 Å². The highest BCUT2D eigenvalue weighted by Gasteiger charge is 2.20. The highest BCUT2D eigenvalue weighted by Crippen LogP contribution is 2.19. The topological polar surface area (TPSA) is 98.3 Å². The lowest BCUT2D eigenvalue weighted by Crippen LogP contribution is -2.23. The molecule has 6 heteroatoms. The molecule has 80 valence electrons. The maximum atomic E-state index is 9.24. The number of rotatable bonds is 3. The summed E-state index contributed by atoms with van der Waals surface area (Å²) in [7, 11) is 0. The zero-order valence-electron chi connectivity index (χ0n) is 8.12. The quantitative estimate of drug-likeness (QED) is 0.772. The van der Waals surface area contributed by atoms with Crippen LogP contribution in [-0.4, -0.2) is 21.4 Å². The molecule has 15 heavy (non-hydrogen) atoms. The molecule has 0 aliphatic rings. The summed E-state index contributed by atoms with van der Waals surface area (Å²) < 4.78 is 9.81. The Labute approximate surface area is 85.7 Å². The number of furan rings is 1. The van der Waals surface area contributed by atoms with Crippen molar-refractivity contribution in [2.45, 2.75) is 19.1 Å². The molecule has 0 aromatic carbocycles. The van der Waals surface area contributed by atoms with Crippen molar-refractivity contribution in [1.82, 2.24) is 10.1 Å². The SMILES string of the molecule is CC(O)C(N)c1nc(-c2ccoc2)no1. The van der Waals surface area contributed by atoms with Crippen LogP contribution in [0.1, 0.15) is 18.9 Å². The average molecular weight is 209 g/mol. The molecule has 0 saturated heterocycles. The molecule has 0 aliphatic heterocycles. The molecule has 0 amide bonds. The molecule has 3 N–H and O–H groups in total.